The Balaban J connectivity index is 1.93. The average molecular weight is 254 g/mol. The number of thioether (sulfide) groups is 1. The molecule has 5 nitrogen and oxygen atoms in total. The number of epoxide rings is 1. The van der Waals surface area contributed by atoms with Crippen LogP contribution in [0, 0.1) is 0 Å². The molecule has 0 aliphatic carbocycles. The molecule has 1 N–H and O–H groups in total. The molecule has 1 aliphatic heterocycles. The molecule has 1 aliphatic rings. The second-order valence-electron chi connectivity index (χ2n) is 3.41. The summed E-state index contributed by atoms with van der Waals surface area (Å²) in [6.45, 7) is 0. The van der Waals surface area contributed by atoms with Crippen LogP contribution >= 0.6 is 11.8 Å². The Morgan fingerprint density at radius 1 is 1.29 bits per heavy atom. The molecule has 0 saturated carbocycles. The number of hydrogen-bond acceptors (Lipinski definition) is 5. The van der Waals surface area contributed by atoms with Gasteiger partial charge >= 0.3 is 5.97 Å². The molecule has 2 atom stereocenters. The van der Waals surface area contributed by atoms with E-state index < -0.39 is 18.2 Å². The lowest BCUT2D eigenvalue weighted by atomic mass is 10.3. The molecule has 0 aromatic heterocycles. The summed E-state index contributed by atoms with van der Waals surface area (Å²) < 4.78 is 9.75. The second-order valence-corrected chi connectivity index (χ2v) is 4.49. The standard InChI is InChI=1S/C11H10O5S/c1-15-6-2-4-7(5-3-6)17-11(14)9-8(16-9)10(12)13/h2-5,8-9H,1H3,(H,12,13). The van der Waals surface area contributed by atoms with E-state index in [0.29, 0.717) is 5.75 Å². The van der Waals surface area contributed by atoms with Gasteiger partial charge in [0.1, 0.15) is 5.75 Å². The van der Waals surface area contributed by atoms with Crippen molar-refractivity contribution < 1.29 is 24.2 Å². The maximum Gasteiger partial charge on any atom is 0.336 e. The maximum atomic E-state index is 11.6. The topological polar surface area (TPSA) is 76.1 Å². The summed E-state index contributed by atoms with van der Waals surface area (Å²) in [6, 6.07) is 6.94. The number of carbonyl (C=O) groups is 2. The van der Waals surface area contributed by atoms with Crippen molar-refractivity contribution in [1.29, 1.82) is 0 Å². The van der Waals surface area contributed by atoms with Crippen LogP contribution in [0.1, 0.15) is 0 Å². The summed E-state index contributed by atoms with van der Waals surface area (Å²) in [5, 5.41) is 8.31. The van der Waals surface area contributed by atoms with Crippen LogP contribution < -0.4 is 4.74 Å². The molecule has 0 radical (unpaired) electrons. The number of hydrogen-bond donors (Lipinski definition) is 1. The number of methoxy groups -OCH3 is 1. The zero-order chi connectivity index (χ0) is 12.4. The SMILES string of the molecule is COc1ccc(SC(=O)C2OC2C(=O)O)cc1. The van der Waals surface area contributed by atoms with E-state index in [1.807, 2.05) is 0 Å². The molecule has 1 fully saturated rings. The number of benzene rings is 1. The monoisotopic (exact) mass is 254 g/mol. The third kappa shape index (κ3) is 2.78. The molecule has 2 rings (SSSR count). The zero-order valence-corrected chi connectivity index (χ0v) is 9.77. The van der Waals surface area contributed by atoms with Gasteiger partial charge in [0.05, 0.1) is 7.11 Å². The van der Waals surface area contributed by atoms with Gasteiger partial charge in [-0.3, -0.25) is 4.79 Å². The van der Waals surface area contributed by atoms with Crippen LogP contribution in [0.4, 0.5) is 0 Å². The summed E-state index contributed by atoms with van der Waals surface area (Å²) >= 11 is 0.972. The number of ether oxygens (including phenoxy) is 2. The van der Waals surface area contributed by atoms with Crippen LogP contribution in [0.15, 0.2) is 29.2 Å². The van der Waals surface area contributed by atoms with E-state index in [9.17, 15) is 9.59 Å². The Kier molecular flexibility index (Phi) is 3.35. The molecule has 1 aromatic carbocycles. The highest BCUT2D eigenvalue weighted by Gasteiger charge is 2.50. The van der Waals surface area contributed by atoms with Crippen LogP contribution in [0.2, 0.25) is 0 Å². The van der Waals surface area contributed by atoms with Crippen molar-refractivity contribution >= 4 is 22.8 Å². The smallest absolute Gasteiger partial charge is 0.336 e. The summed E-state index contributed by atoms with van der Waals surface area (Å²) in [6.07, 6.45) is -1.80. The fourth-order valence-electron chi connectivity index (χ4n) is 1.30. The molecule has 17 heavy (non-hydrogen) atoms. The first-order valence-electron chi connectivity index (χ1n) is 4.86. The summed E-state index contributed by atoms with van der Waals surface area (Å²) in [4.78, 5) is 22.8. The molecule has 0 bridgehead atoms. The molecular formula is C11H10O5S. The number of carbonyl (C=O) groups excluding carboxylic acids is 1. The Labute approximate surface area is 102 Å². The Bertz CT molecular complexity index is 442. The Morgan fingerprint density at radius 2 is 1.94 bits per heavy atom. The third-order valence-corrected chi connectivity index (χ3v) is 3.19. The van der Waals surface area contributed by atoms with Crippen molar-refractivity contribution in [3.63, 3.8) is 0 Å². The van der Waals surface area contributed by atoms with Crippen LogP contribution in [-0.4, -0.2) is 35.5 Å². The quantitative estimate of drug-likeness (QED) is 0.642. The van der Waals surface area contributed by atoms with E-state index >= 15 is 0 Å². The molecule has 0 spiro atoms. The molecular weight excluding hydrogens is 244 g/mol. The average Bonchev–Trinajstić information content (AvgIpc) is 3.10. The molecule has 90 valence electrons. The molecule has 0 amide bonds. The van der Waals surface area contributed by atoms with Gasteiger partial charge in [-0.1, -0.05) is 0 Å². The predicted octanol–water partition coefficient (Wildman–Crippen LogP) is 1.17. The van der Waals surface area contributed by atoms with Crippen molar-refractivity contribution in [1.82, 2.24) is 0 Å². The van der Waals surface area contributed by atoms with Crippen molar-refractivity contribution in [2.45, 2.75) is 17.1 Å². The van der Waals surface area contributed by atoms with Gasteiger partial charge in [0.2, 0.25) is 5.12 Å². The van der Waals surface area contributed by atoms with Crippen LogP contribution in [0.25, 0.3) is 0 Å². The van der Waals surface area contributed by atoms with Crippen molar-refractivity contribution in [3.05, 3.63) is 24.3 Å². The van der Waals surface area contributed by atoms with Gasteiger partial charge < -0.3 is 14.6 Å². The van der Waals surface area contributed by atoms with E-state index in [4.69, 9.17) is 14.6 Å². The second kappa shape index (κ2) is 4.77. The first-order valence-corrected chi connectivity index (χ1v) is 5.67. The van der Waals surface area contributed by atoms with Gasteiger partial charge in [0, 0.05) is 4.90 Å². The van der Waals surface area contributed by atoms with E-state index in [1.165, 1.54) is 0 Å². The van der Waals surface area contributed by atoms with E-state index in [-0.39, 0.29) is 5.12 Å². The van der Waals surface area contributed by atoms with Crippen molar-refractivity contribution in [2.24, 2.45) is 0 Å². The Morgan fingerprint density at radius 3 is 2.41 bits per heavy atom. The van der Waals surface area contributed by atoms with Crippen LogP contribution in [-0.2, 0) is 14.3 Å². The molecule has 2 unspecified atom stereocenters. The first-order chi connectivity index (χ1) is 8.11. The van der Waals surface area contributed by atoms with E-state index in [0.717, 1.165) is 16.7 Å². The van der Waals surface area contributed by atoms with Gasteiger partial charge in [-0.15, -0.1) is 0 Å². The highest BCUT2D eigenvalue weighted by molar-refractivity contribution is 8.13. The number of aliphatic carboxylic acids is 1. The molecule has 1 saturated heterocycles. The van der Waals surface area contributed by atoms with Crippen LogP contribution in [0.5, 0.6) is 5.75 Å². The molecule has 6 heteroatoms. The fourth-order valence-corrected chi connectivity index (χ4v) is 2.10. The molecule has 1 heterocycles. The van der Waals surface area contributed by atoms with Gasteiger partial charge in [0.25, 0.3) is 0 Å². The van der Waals surface area contributed by atoms with Gasteiger partial charge in [-0.25, -0.2) is 4.79 Å². The van der Waals surface area contributed by atoms with Gasteiger partial charge in [-0.05, 0) is 36.0 Å². The van der Waals surface area contributed by atoms with Gasteiger partial charge in [-0.2, -0.15) is 0 Å². The lowest BCUT2D eigenvalue weighted by molar-refractivity contribution is -0.138. The van der Waals surface area contributed by atoms with Crippen molar-refractivity contribution in [3.8, 4) is 5.75 Å². The largest absolute Gasteiger partial charge is 0.497 e. The first kappa shape index (κ1) is 11.9. The predicted molar refractivity (Wildman–Crippen MR) is 60.2 cm³/mol. The lowest BCUT2D eigenvalue weighted by Gasteiger charge is -2.01. The normalized spacial score (nSPS) is 21.9. The summed E-state index contributed by atoms with van der Waals surface area (Å²) in [7, 11) is 1.56. The highest BCUT2D eigenvalue weighted by atomic mass is 32.2. The maximum absolute atomic E-state index is 11.6. The van der Waals surface area contributed by atoms with E-state index in [1.54, 1.807) is 31.4 Å². The van der Waals surface area contributed by atoms with Crippen molar-refractivity contribution in [2.75, 3.05) is 7.11 Å². The lowest BCUT2D eigenvalue weighted by Crippen LogP contribution is -2.12. The van der Waals surface area contributed by atoms with Gasteiger partial charge in [0.15, 0.2) is 12.2 Å². The third-order valence-electron chi connectivity index (χ3n) is 2.25. The number of carboxylic acids is 1. The molecule has 1 aromatic rings. The number of rotatable bonds is 4. The van der Waals surface area contributed by atoms with Crippen LogP contribution in [0.3, 0.4) is 0 Å². The minimum Gasteiger partial charge on any atom is -0.497 e. The summed E-state index contributed by atoms with van der Waals surface area (Å²) in [5.74, 6) is -0.397. The Hall–Kier alpha value is -1.53. The zero-order valence-electron chi connectivity index (χ0n) is 8.95. The fraction of sp³-hybridized carbons (Fsp3) is 0.273. The minimum absolute atomic E-state index is 0.289. The van der Waals surface area contributed by atoms with E-state index in [2.05, 4.69) is 0 Å². The minimum atomic E-state index is -1.10. The summed E-state index contributed by atoms with van der Waals surface area (Å²) in [5.41, 5.74) is 0. The number of carboxylic acid groups (broad SMARTS) is 1. The highest BCUT2D eigenvalue weighted by Crippen LogP contribution is 2.31.